The SMILES string of the molecule is C=Cc1ccc(Cn2nc(-c3ccccc3)nc2CC)cc1. The standard InChI is InChI=1S/C19H19N3/c1-3-15-10-12-16(13-11-15)14-22-18(4-2)20-19(21-22)17-8-6-5-7-9-17/h3,5-13H,1,4,14H2,2H3. The average molecular weight is 289 g/mol. The van der Waals surface area contributed by atoms with Gasteiger partial charge < -0.3 is 0 Å². The fourth-order valence-corrected chi connectivity index (χ4v) is 2.40. The Morgan fingerprint density at radius 1 is 1.05 bits per heavy atom. The Balaban J connectivity index is 1.89. The molecule has 0 radical (unpaired) electrons. The molecule has 110 valence electrons. The van der Waals surface area contributed by atoms with Crippen LogP contribution in [-0.4, -0.2) is 14.8 Å². The summed E-state index contributed by atoms with van der Waals surface area (Å²) >= 11 is 0. The minimum Gasteiger partial charge on any atom is -0.245 e. The van der Waals surface area contributed by atoms with Crippen molar-refractivity contribution in [3.63, 3.8) is 0 Å². The summed E-state index contributed by atoms with van der Waals surface area (Å²) in [7, 11) is 0. The van der Waals surface area contributed by atoms with Gasteiger partial charge in [-0.05, 0) is 11.1 Å². The number of aryl methyl sites for hydroxylation is 1. The summed E-state index contributed by atoms with van der Waals surface area (Å²) in [6, 6.07) is 18.5. The molecule has 0 saturated heterocycles. The van der Waals surface area contributed by atoms with Gasteiger partial charge in [-0.2, -0.15) is 5.10 Å². The second kappa shape index (κ2) is 6.39. The summed E-state index contributed by atoms with van der Waals surface area (Å²) in [5.74, 6) is 1.80. The quantitative estimate of drug-likeness (QED) is 0.705. The Bertz CT molecular complexity index is 755. The molecule has 1 heterocycles. The molecule has 3 rings (SSSR count). The molecule has 0 spiro atoms. The highest BCUT2D eigenvalue weighted by atomic mass is 15.3. The third-order valence-corrected chi connectivity index (χ3v) is 3.64. The van der Waals surface area contributed by atoms with E-state index in [1.54, 1.807) is 0 Å². The maximum absolute atomic E-state index is 4.67. The summed E-state index contributed by atoms with van der Waals surface area (Å²) in [5.41, 5.74) is 3.39. The lowest BCUT2D eigenvalue weighted by Gasteiger charge is -2.05. The summed E-state index contributed by atoms with van der Waals surface area (Å²) in [6.45, 7) is 6.63. The Morgan fingerprint density at radius 3 is 2.41 bits per heavy atom. The molecule has 0 atom stereocenters. The number of aromatic nitrogens is 3. The van der Waals surface area contributed by atoms with Crippen molar-refractivity contribution in [3.8, 4) is 11.4 Å². The van der Waals surface area contributed by atoms with Crippen LogP contribution in [0.25, 0.3) is 17.5 Å². The highest BCUT2D eigenvalue weighted by Gasteiger charge is 2.10. The van der Waals surface area contributed by atoms with Crippen LogP contribution in [0.2, 0.25) is 0 Å². The number of hydrogen-bond acceptors (Lipinski definition) is 2. The van der Waals surface area contributed by atoms with Gasteiger partial charge in [-0.3, -0.25) is 0 Å². The maximum atomic E-state index is 4.67. The van der Waals surface area contributed by atoms with Crippen molar-refractivity contribution in [1.29, 1.82) is 0 Å². The monoisotopic (exact) mass is 289 g/mol. The maximum Gasteiger partial charge on any atom is 0.181 e. The van der Waals surface area contributed by atoms with Gasteiger partial charge in [-0.1, -0.05) is 74.2 Å². The van der Waals surface area contributed by atoms with Gasteiger partial charge in [-0.25, -0.2) is 9.67 Å². The Kier molecular flexibility index (Phi) is 4.15. The molecule has 3 nitrogen and oxygen atoms in total. The summed E-state index contributed by atoms with van der Waals surface area (Å²) < 4.78 is 1.99. The highest BCUT2D eigenvalue weighted by molar-refractivity contribution is 5.54. The molecule has 0 amide bonds. The Labute approximate surface area is 131 Å². The van der Waals surface area contributed by atoms with E-state index in [-0.39, 0.29) is 0 Å². The van der Waals surface area contributed by atoms with E-state index in [0.29, 0.717) is 0 Å². The van der Waals surface area contributed by atoms with Crippen molar-refractivity contribution in [2.45, 2.75) is 19.9 Å². The minimum absolute atomic E-state index is 0.737. The predicted molar refractivity (Wildman–Crippen MR) is 90.5 cm³/mol. The molecule has 2 aromatic carbocycles. The van der Waals surface area contributed by atoms with E-state index in [1.165, 1.54) is 5.56 Å². The van der Waals surface area contributed by atoms with Crippen LogP contribution < -0.4 is 0 Å². The van der Waals surface area contributed by atoms with Gasteiger partial charge in [0.1, 0.15) is 5.82 Å². The summed E-state index contributed by atoms with van der Waals surface area (Å²) in [4.78, 5) is 4.66. The summed E-state index contributed by atoms with van der Waals surface area (Å²) in [6.07, 6.45) is 2.72. The average Bonchev–Trinajstić information content (AvgIpc) is 2.99. The molecule has 0 N–H and O–H groups in total. The lowest BCUT2D eigenvalue weighted by molar-refractivity contribution is 0.644. The van der Waals surface area contributed by atoms with Crippen molar-refractivity contribution in [3.05, 3.63) is 78.1 Å². The molecule has 0 aliphatic carbocycles. The smallest absolute Gasteiger partial charge is 0.181 e. The molecule has 3 heteroatoms. The van der Waals surface area contributed by atoms with E-state index in [1.807, 2.05) is 41.1 Å². The van der Waals surface area contributed by atoms with Crippen LogP contribution in [0.15, 0.2) is 61.2 Å². The highest BCUT2D eigenvalue weighted by Crippen LogP contribution is 2.16. The van der Waals surface area contributed by atoms with Gasteiger partial charge in [0, 0.05) is 12.0 Å². The largest absolute Gasteiger partial charge is 0.245 e. The molecule has 0 aliphatic rings. The first kappa shape index (κ1) is 14.3. The van der Waals surface area contributed by atoms with E-state index in [2.05, 4.69) is 47.9 Å². The molecule has 0 saturated carbocycles. The van der Waals surface area contributed by atoms with Crippen LogP contribution in [0.3, 0.4) is 0 Å². The topological polar surface area (TPSA) is 30.7 Å². The second-order valence-corrected chi connectivity index (χ2v) is 5.17. The van der Waals surface area contributed by atoms with Crippen molar-refractivity contribution >= 4 is 6.08 Å². The Morgan fingerprint density at radius 2 is 1.77 bits per heavy atom. The number of rotatable bonds is 5. The van der Waals surface area contributed by atoms with E-state index >= 15 is 0 Å². The van der Waals surface area contributed by atoms with Gasteiger partial charge in [0.15, 0.2) is 5.82 Å². The third kappa shape index (κ3) is 2.98. The van der Waals surface area contributed by atoms with Gasteiger partial charge in [0.05, 0.1) is 6.54 Å². The van der Waals surface area contributed by atoms with Gasteiger partial charge in [0.25, 0.3) is 0 Å². The zero-order chi connectivity index (χ0) is 15.4. The lowest BCUT2D eigenvalue weighted by atomic mass is 10.1. The third-order valence-electron chi connectivity index (χ3n) is 3.64. The predicted octanol–water partition coefficient (Wildman–Crippen LogP) is 4.20. The van der Waals surface area contributed by atoms with Gasteiger partial charge >= 0.3 is 0 Å². The van der Waals surface area contributed by atoms with E-state index in [0.717, 1.165) is 35.7 Å². The number of benzene rings is 2. The van der Waals surface area contributed by atoms with E-state index in [9.17, 15) is 0 Å². The lowest BCUT2D eigenvalue weighted by Crippen LogP contribution is -2.06. The van der Waals surface area contributed by atoms with Crippen LogP contribution in [0, 0.1) is 0 Å². The first-order chi connectivity index (χ1) is 10.8. The molecule has 0 aliphatic heterocycles. The van der Waals surface area contributed by atoms with Crippen LogP contribution in [-0.2, 0) is 13.0 Å². The van der Waals surface area contributed by atoms with Crippen molar-refractivity contribution < 1.29 is 0 Å². The van der Waals surface area contributed by atoms with Gasteiger partial charge in [0.2, 0.25) is 0 Å². The molecule has 0 bridgehead atoms. The molecule has 0 fully saturated rings. The van der Waals surface area contributed by atoms with Crippen LogP contribution in [0.4, 0.5) is 0 Å². The van der Waals surface area contributed by atoms with Crippen molar-refractivity contribution in [2.24, 2.45) is 0 Å². The van der Waals surface area contributed by atoms with Crippen LogP contribution >= 0.6 is 0 Å². The molecule has 3 aromatic rings. The first-order valence-corrected chi connectivity index (χ1v) is 7.50. The minimum atomic E-state index is 0.737. The summed E-state index contributed by atoms with van der Waals surface area (Å²) in [5, 5.41) is 4.67. The second-order valence-electron chi connectivity index (χ2n) is 5.17. The molecular formula is C19H19N3. The molecular weight excluding hydrogens is 270 g/mol. The Hall–Kier alpha value is -2.68. The normalized spacial score (nSPS) is 10.6. The van der Waals surface area contributed by atoms with Crippen molar-refractivity contribution in [1.82, 2.24) is 14.8 Å². The van der Waals surface area contributed by atoms with Crippen LogP contribution in [0.1, 0.15) is 23.9 Å². The van der Waals surface area contributed by atoms with E-state index in [4.69, 9.17) is 0 Å². The van der Waals surface area contributed by atoms with E-state index < -0.39 is 0 Å². The van der Waals surface area contributed by atoms with Crippen LogP contribution in [0.5, 0.6) is 0 Å². The first-order valence-electron chi connectivity index (χ1n) is 7.50. The fourth-order valence-electron chi connectivity index (χ4n) is 2.40. The fraction of sp³-hybridized carbons (Fsp3) is 0.158. The zero-order valence-corrected chi connectivity index (χ0v) is 12.7. The number of nitrogens with zero attached hydrogens (tertiary/aromatic N) is 3. The zero-order valence-electron chi connectivity index (χ0n) is 12.7. The van der Waals surface area contributed by atoms with Gasteiger partial charge in [-0.15, -0.1) is 0 Å². The molecule has 1 aromatic heterocycles. The molecule has 22 heavy (non-hydrogen) atoms. The molecule has 0 unspecified atom stereocenters. The number of hydrogen-bond donors (Lipinski definition) is 0. The van der Waals surface area contributed by atoms with Crippen molar-refractivity contribution in [2.75, 3.05) is 0 Å².